The molecule has 0 fully saturated rings. The maximum atomic E-state index is 13.5. The van der Waals surface area contributed by atoms with Crippen LogP contribution in [0.4, 0.5) is 26.3 Å². The van der Waals surface area contributed by atoms with Crippen LogP contribution in [0.25, 0.3) is 16.7 Å². The summed E-state index contributed by atoms with van der Waals surface area (Å²) in [5.41, 5.74) is -6.49. The van der Waals surface area contributed by atoms with Gasteiger partial charge in [-0.3, -0.25) is 0 Å². The van der Waals surface area contributed by atoms with Gasteiger partial charge in [0.15, 0.2) is 0 Å². The number of fused-ring (bicyclic) bond motifs is 1. The molecule has 3 aromatic rings. The zero-order chi connectivity index (χ0) is 21.8. The number of rotatable bonds is 2. The molecule has 0 aliphatic rings. The highest BCUT2D eigenvalue weighted by atomic mass is 35.5. The van der Waals surface area contributed by atoms with Crippen LogP contribution >= 0.6 is 23.2 Å². The number of alkyl halides is 6. The first-order valence-corrected chi connectivity index (χ1v) is 8.22. The van der Waals surface area contributed by atoms with E-state index in [0.717, 1.165) is 23.3 Å². The van der Waals surface area contributed by atoms with E-state index < -0.39 is 39.1 Å². The summed E-state index contributed by atoms with van der Waals surface area (Å²) < 4.78 is 80.1. The molecular formula is C17H7Cl2F6N3O. The van der Waals surface area contributed by atoms with Gasteiger partial charge in [0, 0.05) is 11.8 Å². The maximum absolute atomic E-state index is 13.5. The molecule has 0 radical (unpaired) electrons. The van der Waals surface area contributed by atoms with E-state index in [9.17, 15) is 31.4 Å². The quantitative estimate of drug-likeness (QED) is 0.432. The Balaban J connectivity index is 2.36. The van der Waals surface area contributed by atoms with Crippen molar-refractivity contribution in [1.82, 2.24) is 14.5 Å². The molecule has 2 aromatic heterocycles. The highest BCUT2D eigenvalue weighted by Gasteiger charge is 2.56. The van der Waals surface area contributed by atoms with Crippen molar-refractivity contribution in [3.63, 3.8) is 0 Å². The Labute approximate surface area is 168 Å². The van der Waals surface area contributed by atoms with Crippen LogP contribution in [-0.4, -0.2) is 25.8 Å². The van der Waals surface area contributed by atoms with Crippen molar-refractivity contribution in [3.05, 3.63) is 52.0 Å². The number of halogens is 8. The number of hydrogen-bond donors (Lipinski definition) is 1. The molecule has 1 aromatic carbocycles. The molecule has 12 heteroatoms. The van der Waals surface area contributed by atoms with Gasteiger partial charge in [-0.2, -0.15) is 26.3 Å². The second-order valence-electron chi connectivity index (χ2n) is 5.81. The van der Waals surface area contributed by atoms with Gasteiger partial charge in [0.25, 0.3) is 5.60 Å². The number of hydrogen-bond acceptors (Lipinski definition) is 3. The van der Waals surface area contributed by atoms with E-state index in [1.165, 1.54) is 5.92 Å². The summed E-state index contributed by atoms with van der Waals surface area (Å²) in [6.07, 6.45) is -2.34. The Morgan fingerprint density at radius 2 is 1.66 bits per heavy atom. The largest absolute Gasteiger partial charge is 0.433 e. The summed E-state index contributed by atoms with van der Waals surface area (Å²) in [7, 11) is 0. The summed E-state index contributed by atoms with van der Waals surface area (Å²) >= 11 is 11.9. The predicted octanol–water partition coefficient (Wildman–Crippen LogP) is 5.13. The summed E-state index contributed by atoms with van der Waals surface area (Å²) in [5.74, 6) is 1.29. The number of aliphatic hydroxyl groups is 1. The lowest BCUT2D eigenvalue weighted by molar-refractivity contribution is -0.240. The number of aromatic nitrogens is 3. The number of terminal acetylenes is 1. The smallest absolute Gasteiger partial charge is 0.366 e. The van der Waals surface area contributed by atoms with Gasteiger partial charge in [-0.1, -0.05) is 29.1 Å². The van der Waals surface area contributed by atoms with Gasteiger partial charge in [0.05, 0.1) is 38.5 Å². The molecular weight excluding hydrogens is 447 g/mol. The molecule has 1 atom stereocenters. The second kappa shape index (κ2) is 6.79. The van der Waals surface area contributed by atoms with Gasteiger partial charge in [0.2, 0.25) is 0 Å². The van der Waals surface area contributed by atoms with Crippen LogP contribution in [0.5, 0.6) is 0 Å². The lowest BCUT2D eigenvalue weighted by atomic mass is 9.96. The van der Waals surface area contributed by atoms with Crippen LogP contribution in [-0.2, 0) is 11.8 Å². The molecule has 3 rings (SSSR count). The molecule has 2 heterocycles. The third-order valence-electron chi connectivity index (χ3n) is 4.06. The van der Waals surface area contributed by atoms with Gasteiger partial charge < -0.3 is 9.67 Å². The number of nitrogens with zero attached hydrogens (tertiary/aromatic N) is 3. The molecule has 0 amide bonds. The first kappa shape index (κ1) is 21.2. The Morgan fingerprint density at radius 3 is 2.14 bits per heavy atom. The van der Waals surface area contributed by atoms with Crippen LogP contribution in [0.3, 0.4) is 0 Å². The molecule has 0 saturated carbocycles. The zero-order valence-corrected chi connectivity index (χ0v) is 15.3. The Bertz CT molecular complexity index is 1130. The highest BCUT2D eigenvalue weighted by molar-refractivity contribution is 6.38. The molecule has 0 saturated heterocycles. The predicted molar refractivity (Wildman–Crippen MR) is 92.7 cm³/mol. The summed E-state index contributed by atoms with van der Waals surface area (Å²) in [5, 5.41) is 9.11. The third kappa shape index (κ3) is 3.39. The van der Waals surface area contributed by atoms with Crippen molar-refractivity contribution in [3.8, 4) is 18.0 Å². The Hall–Kier alpha value is -2.48. The van der Waals surface area contributed by atoms with Crippen molar-refractivity contribution in [2.24, 2.45) is 0 Å². The highest BCUT2D eigenvalue weighted by Crippen LogP contribution is 2.44. The summed E-state index contributed by atoms with van der Waals surface area (Å²) in [6.45, 7) is 0. The summed E-state index contributed by atoms with van der Waals surface area (Å²) in [6, 6.07) is 1.13. The van der Waals surface area contributed by atoms with E-state index >= 15 is 0 Å². The fraction of sp³-hybridized carbons (Fsp3) is 0.176. The van der Waals surface area contributed by atoms with Gasteiger partial charge in [0.1, 0.15) is 6.33 Å². The second-order valence-corrected chi connectivity index (χ2v) is 6.62. The van der Waals surface area contributed by atoms with E-state index in [0.29, 0.717) is 12.1 Å². The van der Waals surface area contributed by atoms with Crippen LogP contribution in [0.15, 0.2) is 30.9 Å². The van der Waals surface area contributed by atoms with Crippen LogP contribution < -0.4 is 0 Å². The lowest BCUT2D eigenvalue weighted by Crippen LogP contribution is -2.40. The van der Waals surface area contributed by atoms with E-state index in [4.69, 9.17) is 29.6 Å². The van der Waals surface area contributed by atoms with E-state index in [1.54, 1.807) is 0 Å². The minimum Gasteiger partial charge on any atom is -0.366 e. The third-order valence-corrected chi connectivity index (χ3v) is 4.64. The fourth-order valence-electron chi connectivity index (χ4n) is 2.69. The van der Waals surface area contributed by atoms with Crippen molar-refractivity contribution < 1.29 is 31.4 Å². The van der Waals surface area contributed by atoms with Crippen LogP contribution in [0.2, 0.25) is 10.0 Å². The number of benzene rings is 1. The first-order valence-electron chi connectivity index (χ1n) is 7.46. The normalized spacial score (nSPS) is 14.6. The minimum absolute atomic E-state index is 0.121. The monoisotopic (exact) mass is 453 g/mol. The molecule has 0 bridgehead atoms. The zero-order valence-electron chi connectivity index (χ0n) is 13.8. The van der Waals surface area contributed by atoms with E-state index in [-0.39, 0.29) is 16.7 Å². The average Bonchev–Trinajstić information content (AvgIpc) is 2.98. The van der Waals surface area contributed by atoms with Crippen molar-refractivity contribution in [2.45, 2.75) is 18.0 Å². The Kier molecular flexibility index (Phi) is 4.98. The maximum Gasteiger partial charge on any atom is 0.433 e. The SMILES string of the molecule is C#CC(O)(c1cn(-c2c(Cl)cc(C(F)(F)F)cc2Cl)c2cncnc12)C(F)(F)F. The van der Waals surface area contributed by atoms with Crippen molar-refractivity contribution in [1.29, 1.82) is 0 Å². The van der Waals surface area contributed by atoms with Gasteiger partial charge in [-0.05, 0) is 12.1 Å². The molecule has 0 aliphatic heterocycles. The van der Waals surface area contributed by atoms with Gasteiger partial charge >= 0.3 is 12.4 Å². The van der Waals surface area contributed by atoms with Gasteiger partial charge in [-0.25, -0.2) is 9.97 Å². The molecule has 0 aliphatic carbocycles. The molecule has 0 spiro atoms. The molecule has 29 heavy (non-hydrogen) atoms. The fourth-order valence-corrected chi connectivity index (χ4v) is 3.36. The van der Waals surface area contributed by atoms with E-state index in [1.807, 2.05) is 0 Å². The van der Waals surface area contributed by atoms with Crippen molar-refractivity contribution >= 4 is 34.2 Å². The molecule has 1 N–H and O–H groups in total. The Morgan fingerprint density at radius 1 is 1.07 bits per heavy atom. The summed E-state index contributed by atoms with van der Waals surface area (Å²) in [4.78, 5) is 7.40. The van der Waals surface area contributed by atoms with E-state index in [2.05, 4.69) is 9.97 Å². The minimum atomic E-state index is -5.28. The lowest BCUT2D eigenvalue weighted by Gasteiger charge is -2.24. The van der Waals surface area contributed by atoms with Crippen LogP contribution in [0, 0.1) is 12.3 Å². The standard InChI is InChI=1S/C17H7Cl2F6N3O/c1-2-15(29,17(23,24)25)9-6-28(12-5-26-7-27-13(9)12)14-10(18)3-8(4-11(14)19)16(20,21)22/h1,3-7,29H. The average molecular weight is 454 g/mol. The molecule has 4 nitrogen and oxygen atoms in total. The molecule has 1 unspecified atom stereocenters. The molecule has 152 valence electrons. The topological polar surface area (TPSA) is 50.9 Å². The van der Waals surface area contributed by atoms with Gasteiger partial charge in [-0.15, -0.1) is 6.42 Å². The van der Waals surface area contributed by atoms with Crippen LogP contribution in [0.1, 0.15) is 11.1 Å². The van der Waals surface area contributed by atoms with Crippen molar-refractivity contribution in [2.75, 3.05) is 0 Å². The first-order chi connectivity index (χ1) is 13.3.